The van der Waals surface area contributed by atoms with Gasteiger partial charge in [0.05, 0.1) is 18.2 Å². The number of hydrogen-bond donors (Lipinski definition) is 2. The SMILES string of the molecule is CCCCc1cc2ccccc2c(OCCN(C)C)n1.COc1cc2c(Oc3ccc4[nH]c(C)cc4c3F)ccnc2cc1OCC1(N)CC1. The molecule has 6 aromatic rings. The molecule has 10 heteroatoms. The lowest BCUT2D eigenvalue weighted by atomic mass is 10.1. The van der Waals surface area contributed by atoms with Gasteiger partial charge in [-0.05, 0) is 94.6 Å². The summed E-state index contributed by atoms with van der Waals surface area (Å²) in [6.45, 7) is 6.08. The molecule has 3 N–H and O–H groups in total. The number of halogens is 1. The first kappa shape index (κ1) is 34.9. The van der Waals surface area contributed by atoms with Crippen molar-refractivity contribution in [2.45, 2.75) is 51.5 Å². The van der Waals surface area contributed by atoms with E-state index in [4.69, 9.17) is 29.7 Å². The minimum absolute atomic E-state index is 0.145. The van der Waals surface area contributed by atoms with Gasteiger partial charge in [-0.1, -0.05) is 31.5 Å². The van der Waals surface area contributed by atoms with E-state index in [1.54, 1.807) is 49.7 Å². The molecule has 262 valence electrons. The molecule has 0 unspecified atom stereocenters. The van der Waals surface area contributed by atoms with Gasteiger partial charge < -0.3 is 34.6 Å². The van der Waals surface area contributed by atoms with E-state index >= 15 is 0 Å². The van der Waals surface area contributed by atoms with E-state index in [2.05, 4.69) is 46.1 Å². The third-order valence-electron chi connectivity index (χ3n) is 8.77. The number of nitrogens with two attached hydrogens (primary N) is 1. The summed E-state index contributed by atoms with van der Waals surface area (Å²) in [7, 11) is 5.67. The van der Waals surface area contributed by atoms with Gasteiger partial charge in [0, 0.05) is 51.9 Å². The molecule has 0 aliphatic heterocycles. The number of H-pyrrole nitrogens is 1. The van der Waals surface area contributed by atoms with Gasteiger partial charge >= 0.3 is 0 Å². The summed E-state index contributed by atoms with van der Waals surface area (Å²) < 4.78 is 38.2. The van der Waals surface area contributed by atoms with Crippen molar-refractivity contribution >= 4 is 32.6 Å². The molecule has 7 rings (SSSR count). The van der Waals surface area contributed by atoms with Crippen molar-refractivity contribution in [3.05, 3.63) is 90.1 Å². The number of hydrogen-bond acceptors (Lipinski definition) is 8. The van der Waals surface area contributed by atoms with Gasteiger partial charge in [-0.3, -0.25) is 4.98 Å². The summed E-state index contributed by atoms with van der Waals surface area (Å²) in [5.41, 5.74) is 9.28. The van der Waals surface area contributed by atoms with Crippen LogP contribution in [0.25, 0.3) is 32.6 Å². The second-order valence-corrected chi connectivity index (χ2v) is 13.3. The lowest BCUT2D eigenvalue weighted by Crippen LogP contribution is -2.29. The summed E-state index contributed by atoms with van der Waals surface area (Å²) in [5, 5.41) is 3.51. The van der Waals surface area contributed by atoms with Crippen LogP contribution >= 0.6 is 0 Å². The second kappa shape index (κ2) is 15.3. The molecule has 0 spiro atoms. The molecular weight excluding hydrogens is 633 g/mol. The average Bonchev–Trinajstić information content (AvgIpc) is 3.72. The first-order valence-electron chi connectivity index (χ1n) is 17.2. The number of ether oxygens (including phenoxy) is 4. The van der Waals surface area contributed by atoms with Crippen molar-refractivity contribution in [2.75, 3.05) is 41.0 Å². The summed E-state index contributed by atoms with van der Waals surface area (Å²) in [5.74, 6) is 2.10. The van der Waals surface area contributed by atoms with Crippen molar-refractivity contribution in [1.29, 1.82) is 0 Å². The van der Waals surface area contributed by atoms with Crippen LogP contribution < -0.4 is 24.7 Å². The van der Waals surface area contributed by atoms with Crippen molar-refractivity contribution in [3.63, 3.8) is 0 Å². The maximum absolute atomic E-state index is 15.0. The lowest BCUT2D eigenvalue weighted by Gasteiger charge is -2.16. The number of pyridine rings is 2. The molecule has 3 aromatic heterocycles. The highest BCUT2D eigenvalue weighted by Gasteiger charge is 2.39. The standard InChI is InChI=1S/C23H22FN3O3.C17H24N2O/c1-13-9-15-16(27-13)3-4-19(22(15)24)30-18-5-8-26-17-11-21(20(28-2)10-14(17)18)29-12-23(25)6-7-23;1-4-5-9-15-13-14-8-6-7-10-16(14)17(18-15)20-12-11-19(2)3/h3-5,8-11,27H,6-7,12,25H2,1-2H3;6-8,10,13H,4-5,9,11-12H2,1-3H3. The zero-order valence-electron chi connectivity index (χ0n) is 29.5. The van der Waals surface area contributed by atoms with E-state index in [0.29, 0.717) is 46.8 Å². The Morgan fingerprint density at radius 1 is 0.920 bits per heavy atom. The Kier molecular flexibility index (Phi) is 10.7. The van der Waals surface area contributed by atoms with E-state index in [9.17, 15) is 4.39 Å². The number of benzene rings is 3. The van der Waals surface area contributed by atoms with Crippen LogP contribution in [0.1, 0.15) is 44.0 Å². The summed E-state index contributed by atoms with van der Waals surface area (Å²) in [6, 6.07) is 21.0. The molecular formula is C40H46FN5O4. The number of aromatic amines is 1. The Morgan fingerprint density at radius 2 is 1.74 bits per heavy atom. The normalized spacial score (nSPS) is 13.4. The molecule has 0 atom stereocenters. The summed E-state index contributed by atoms with van der Waals surface area (Å²) in [4.78, 5) is 14.3. The number of nitrogens with one attached hydrogen (secondary N) is 1. The number of aryl methyl sites for hydroxylation is 2. The summed E-state index contributed by atoms with van der Waals surface area (Å²) >= 11 is 0. The van der Waals surface area contributed by atoms with Gasteiger partial charge in [-0.2, -0.15) is 0 Å². The van der Waals surface area contributed by atoms with Gasteiger partial charge in [0.2, 0.25) is 5.88 Å². The smallest absolute Gasteiger partial charge is 0.221 e. The van der Waals surface area contributed by atoms with Crippen molar-refractivity contribution in [1.82, 2.24) is 19.9 Å². The third-order valence-corrected chi connectivity index (χ3v) is 8.77. The Labute approximate surface area is 292 Å². The van der Waals surface area contributed by atoms with Gasteiger partial charge in [0.1, 0.15) is 19.0 Å². The van der Waals surface area contributed by atoms with Gasteiger partial charge in [-0.15, -0.1) is 0 Å². The second-order valence-electron chi connectivity index (χ2n) is 13.3. The minimum atomic E-state index is -0.411. The van der Waals surface area contributed by atoms with E-state index in [1.807, 2.05) is 27.1 Å². The number of fused-ring (bicyclic) bond motifs is 3. The van der Waals surface area contributed by atoms with Crippen LogP contribution in [0.5, 0.6) is 28.9 Å². The van der Waals surface area contributed by atoms with E-state index < -0.39 is 5.82 Å². The molecule has 0 radical (unpaired) electrons. The number of unbranched alkanes of at least 4 members (excludes halogenated alkanes) is 1. The van der Waals surface area contributed by atoms with E-state index in [1.165, 1.54) is 18.2 Å². The lowest BCUT2D eigenvalue weighted by molar-refractivity contribution is 0.256. The first-order valence-corrected chi connectivity index (χ1v) is 17.2. The van der Waals surface area contributed by atoms with Crippen molar-refractivity contribution in [3.8, 4) is 28.9 Å². The van der Waals surface area contributed by atoms with Gasteiger partial charge in [0.25, 0.3) is 0 Å². The number of methoxy groups -OCH3 is 1. The maximum atomic E-state index is 15.0. The van der Waals surface area contributed by atoms with Crippen LogP contribution in [0.2, 0.25) is 0 Å². The van der Waals surface area contributed by atoms with Crippen molar-refractivity contribution < 1.29 is 23.3 Å². The first-order chi connectivity index (χ1) is 24.2. The zero-order chi connectivity index (χ0) is 35.3. The van der Waals surface area contributed by atoms with Crippen LogP contribution in [0, 0.1) is 12.7 Å². The average molecular weight is 680 g/mol. The van der Waals surface area contributed by atoms with E-state index in [0.717, 1.165) is 54.0 Å². The monoisotopic (exact) mass is 679 g/mol. The Morgan fingerprint density at radius 3 is 2.50 bits per heavy atom. The topological polar surface area (TPSA) is 108 Å². The number of nitrogens with zero attached hydrogens (tertiary/aromatic N) is 3. The molecule has 50 heavy (non-hydrogen) atoms. The van der Waals surface area contributed by atoms with Crippen LogP contribution in [0.3, 0.4) is 0 Å². The predicted octanol–water partition coefficient (Wildman–Crippen LogP) is 8.35. The van der Waals surface area contributed by atoms with E-state index in [-0.39, 0.29) is 11.3 Å². The molecule has 1 aliphatic carbocycles. The molecule has 1 saturated carbocycles. The Bertz CT molecular complexity index is 2090. The summed E-state index contributed by atoms with van der Waals surface area (Å²) in [6.07, 6.45) is 6.90. The molecule has 1 aliphatic rings. The molecule has 3 aromatic carbocycles. The van der Waals surface area contributed by atoms with Crippen LogP contribution in [0.4, 0.5) is 4.39 Å². The fourth-order valence-corrected chi connectivity index (χ4v) is 5.64. The van der Waals surface area contributed by atoms with Crippen LogP contribution in [-0.2, 0) is 6.42 Å². The van der Waals surface area contributed by atoms with Crippen LogP contribution in [-0.4, -0.2) is 66.4 Å². The Hall–Kier alpha value is -4.93. The highest BCUT2D eigenvalue weighted by Crippen LogP contribution is 2.40. The van der Waals surface area contributed by atoms with Crippen molar-refractivity contribution in [2.24, 2.45) is 5.73 Å². The molecule has 0 amide bonds. The number of aromatic nitrogens is 3. The van der Waals surface area contributed by atoms with Crippen LogP contribution in [0.15, 0.2) is 72.9 Å². The quantitative estimate of drug-likeness (QED) is 0.125. The third kappa shape index (κ3) is 8.26. The molecule has 0 bridgehead atoms. The maximum Gasteiger partial charge on any atom is 0.221 e. The number of rotatable bonds is 13. The fourth-order valence-electron chi connectivity index (χ4n) is 5.64. The van der Waals surface area contributed by atoms with Gasteiger partial charge in [0.15, 0.2) is 23.1 Å². The fraction of sp³-hybridized carbons (Fsp3) is 0.350. The van der Waals surface area contributed by atoms with Gasteiger partial charge in [-0.25, -0.2) is 9.37 Å². The molecule has 3 heterocycles. The number of likely N-dealkylation sites (N-methyl/N-ethyl adjacent to an activating group) is 1. The highest BCUT2D eigenvalue weighted by molar-refractivity contribution is 5.89. The largest absolute Gasteiger partial charge is 0.493 e. The minimum Gasteiger partial charge on any atom is -0.493 e. The molecule has 9 nitrogen and oxygen atoms in total. The molecule has 0 saturated heterocycles. The highest BCUT2D eigenvalue weighted by atomic mass is 19.1. The molecule has 1 fully saturated rings. The Balaban J connectivity index is 0.000000189. The zero-order valence-corrected chi connectivity index (χ0v) is 29.5. The predicted molar refractivity (Wildman–Crippen MR) is 197 cm³/mol.